The first kappa shape index (κ1) is 14.1. The van der Waals surface area contributed by atoms with Gasteiger partial charge in [-0.15, -0.1) is 0 Å². The molecular formula is C11H19N3O2S. The molecule has 1 rings (SSSR count). The van der Waals surface area contributed by atoms with Crippen LogP contribution in [0.5, 0.6) is 0 Å². The number of hydrazine groups is 1. The second-order valence-corrected chi connectivity index (χ2v) is 6.61. The fraction of sp³-hybridized carbons (Fsp3) is 0.545. The van der Waals surface area contributed by atoms with Gasteiger partial charge in [-0.25, -0.2) is 8.42 Å². The van der Waals surface area contributed by atoms with Crippen molar-refractivity contribution in [2.75, 3.05) is 12.0 Å². The zero-order valence-corrected chi connectivity index (χ0v) is 11.2. The molecule has 0 fully saturated rings. The highest BCUT2D eigenvalue weighted by atomic mass is 32.2. The summed E-state index contributed by atoms with van der Waals surface area (Å²) in [6, 6.07) is 1.78. The molecule has 3 N–H and O–H groups in total. The Balaban J connectivity index is 2.86. The molecule has 0 aliphatic carbocycles. The van der Waals surface area contributed by atoms with E-state index in [0.29, 0.717) is 6.42 Å². The van der Waals surface area contributed by atoms with Crippen molar-refractivity contribution < 1.29 is 8.42 Å². The van der Waals surface area contributed by atoms with E-state index in [1.54, 1.807) is 6.20 Å². The van der Waals surface area contributed by atoms with Crippen molar-refractivity contribution in [2.24, 2.45) is 5.84 Å². The van der Waals surface area contributed by atoms with Crippen LogP contribution in [0.1, 0.15) is 29.3 Å². The number of aryl methyl sites for hydroxylation is 2. The van der Waals surface area contributed by atoms with E-state index in [2.05, 4.69) is 10.4 Å². The normalized spacial score (nSPS) is 13.6. The van der Waals surface area contributed by atoms with Crippen molar-refractivity contribution in [3.63, 3.8) is 0 Å². The Bertz CT molecular complexity index is 485. The van der Waals surface area contributed by atoms with Crippen molar-refractivity contribution in [3.05, 3.63) is 29.1 Å². The van der Waals surface area contributed by atoms with Gasteiger partial charge in [0.15, 0.2) is 0 Å². The molecule has 0 saturated carbocycles. The summed E-state index contributed by atoms with van der Waals surface area (Å²) in [5.74, 6) is 5.55. The summed E-state index contributed by atoms with van der Waals surface area (Å²) >= 11 is 0. The Labute approximate surface area is 102 Å². The van der Waals surface area contributed by atoms with E-state index in [4.69, 9.17) is 5.84 Å². The van der Waals surface area contributed by atoms with Gasteiger partial charge in [-0.1, -0.05) is 6.07 Å². The van der Waals surface area contributed by atoms with Crippen LogP contribution < -0.4 is 11.3 Å². The molecule has 1 atom stereocenters. The van der Waals surface area contributed by atoms with Crippen molar-refractivity contribution in [3.8, 4) is 0 Å². The Morgan fingerprint density at radius 3 is 2.59 bits per heavy atom. The predicted octanol–water partition coefficient (Wildman–Crippen LogP) is 0.638. The van der Waals surface area contributed by atoms with Crippen LogP contribution in [0.3, 0.4) is 0 Å². The van der Waals surface area contributed by atoms with Crippen LogP contribution in [-0.4, -0.2) is 25.4 Å². The van der Waals surface area contributed by atoms with Crippen LogP contribution >= 0.6 is 0 Å². The summed E-state index contributed by atoms with van der Waals surface area (Å²) in [6.45, 7) is 3.91. The summed E-state index contributed by atoms with van der Waals surface area (Å²) in [5.41, 5.74) is 5.52. The van der Waals surface area contributed by atoms with Gasteiger partial charge in [0.05, 0.1) is 17.5 Å². The van der Waals surface area contributed by atoms with Gasteiger partial charge >= 0.3 is 0 Å². The summed E-state index contributed by atoms with van der Waals surface area (Å²) in [7, 11) is -2.98. The highest BCUT2D eigenvalue weighted by Gasteiger charge is 2.16. The number of nitrogens with zero attached hydrogens (tertiary/aromatic N) is 1. The Hall–Kier alpha value is -0.980. The number of hydrogen-bond donors (Lipinski definition) is 2. The van der Waals surface area contributed by atoms with Crippen LogP contribution in [0.15, 0.2) is 12.3 Å². The molecule has 1 aromatic heterocycles. The van der Waals surface area contributed by atoms with E-state index in [-0.39, 0.29) is 11.8 Å². The smallest absolute Gasteiger partial charge is 0.147 e. The first-order valence-electron chi connectivity index (χ1n) is 5.40. The Morgan fingerprint density at radius 2 is 2.12 bits per heavy atom. The molecule has 6 heteroatoms. The molecule has 1 heterocycles. The second-order valence-electron chi connectivity index (χ2n) is 4.35. The number of nitrogens with two attached hydrogens (primary N) is 1. The van der Waals surface area contributed by atoms with Crippen molar-refractivity contribution in [2.45, 2.75) is 26.3 Å². The van der Waals surface area contributed by atoms with Crippen LogP contribution in [0.4, 0.5) is 0 Å². The second kappa shape index (κ2) is 5.57. The van der Waals surface area contributed by atoms with Gasteiger partial charge in [0, 0.05) is 12.5 Å². The minimum absolute atomic E-state index is 0.0941. The third kappa shape index (κ3) is 4.41. The maximum absolute atomic E-state index is 11.1. The molecule has 0 aliphatic heterocycles. The third-order valence-electron chi connectivity index (χ3n) is 2.56. The van der Waals surface area contributed by atoms with Crippen LogP contribution in [0.25, 0.3) is 0 Å². The standard InChI is InChI=1S/C11H19N3O2S/c1-8-6-9(2)11(13-7-8)10(14-12)4-5-17(3,15)16/h6-7,10,14H,4-5,12H2,1-3H3. The van der Waals surface area contributed by atoms with Gasteiger partial charge in [0.2, 0.25) is 0 Å². The monoisotopic (exact) mass is 257 g/mol. The highest BCUT2D eigenvalue weighted by Crippen LogP contribution is 2.18. The van der Waals surface area contributed by atoms with Gasteiger partial charge in [0.25, 0.3) is 0 Å². The average molecular weight is 257 g/mol. The fourth-order valence-corrected chi connectivity index (χ4v) is 2.39. The van der Waals surface area contributed by atoms with Crippen LogP contribution in [0, 0.1) is 13.8 Å². The van der Waals surface area contributed by atoms with Crippen molar-refractivity contribution >= 4 is 9.84 Å². The summed E-state index contributed by atoms with van der Waals surface area (Å²) < 4.78 is 22.3. The number of pyridine rings is 1. The lowest BCUT2D eigenvalue weighted by Crippen LogP contribution is -2.30. The van der Waals surface area contributed by atoms with Crippen LogP contribution in [-0.2, 0) is 9.84 Å². The maximum atomic E-state index is 11.1. The largest absolute Gasteiger partial charge is 0.271 e. The van der Waals surface area contributed by atoms with Gasteiger partial charge in [-0.05, 0) is 31.4 Å². The molecule has 0 aliphatic rings. The molecule has 0 saturated heterocycles. The van der Waals surface area contributed by atoms with E-state index in [1.807, 2.05) is 19.9 Å². The average Bonchev–Trinajstić information content (AvgIpc) is 2.19. The van der Waals surface area contributed by atoms with Crippen LogP contribution in [0.2, 0.25) is 0 Å². The van der Waals surface area contributed by atoms with Gasteiger partial charge in [0.1, 0.15) is 9.84 Å². The maximum Gasteiger partial charge on any atom is 0.147 e. The molecule has 96 valence electrons. The minimum atomic E-state index is -2.98. The number of aromatic nitrogens is 1. The third-order valence-corrected chi connectivity index (χ3v) is 3.54. The molecule has 5 nitrogen and oxygen atoms in total. The summed E-state index contributed by atoms with van der Waals surface area (Å²) in [6.07, 6.45) is 3.40. The van der Waals surface area contributed by atoms with Crippen molar-refractivity contribution in [1.29, 1.82) is 0 Å². The molecular weight excluding hydrogens is 238 g/mol. The molecule has 17 heavy (non-hydrogen) atoms. The molecule has 0 radical (unpaired) electrons. The lowest BCUT2D eigenvalue weighted by Gasteiger charge is -2.17. The SMILES string of the molecule is Cc1cnc(C(CCS(C)(=O)=O)NN)c(C)c1. The summed E-state index contributed by atoms with van der Waals surface area (Å²) in [5, 5.41) is 0. The predicted molar refractivity (Wildman–Crippen MR) is 68.1 cm³/mol. The molecule has 1 aromatic rings. The topological polar surface area (TPSA) is 85.1 Å². The number of rotatable bonds is 5. The lowest BCUT2D eigenvalue weighted by atomic mass is 10.1. The van der Waals surface area contributed by atoms with Crippen molar-refractivity contribution in [1.82, 2.24) is 10.4 Å². The van der Waals surface area contributed by atoms with Gasteiger partial charge < -0.3 is 0 Å². The molecule has 0 amide bonds. The Morgan fingerprint density at radius 1 is 1.47 bits per heavy atom. The van der Waals surface area contributed by atoms with E-state index in [1.165, 1.54) is 6.26 Å². The van der Waals surface area contributed by atoms with E-state index in [9.17, 15) is 8.42 Å². The number of hydrogen-bond acceptors (Lipinski definition) is 5. The summed E-state index contributed by atoms with van der Waals surface area (Å²) in [4.78, 5) is 4.31. The molecule has 0 spiro atoms. The fourth-order valence-electron chi connectivity index (χ4n) is 1.72. The lowest BCUT2D eigenvalue weighted by molar-refractivity contribution is 0.517. The van der Waals surface area contributed by atoms with Gasteiger partial charge in [-0.2, -0.15) is 0 Å². The number of nitrogens with one attached hydrogen (secondary N) is 1. The van der Waals surface area contributed by atoms with E-state index in [0.717, 1.165) is 16.8 Å². The van der Waals surface area contributed by atoms with E-state index < -0.39 is 9.84 Å². The first-order chi connectivity index (χ1) is 7.83. The molecule has 0 bridgehead atoms. The zero-order chi connectivity index (χ0) is 13.1. The number of sulfone groups is 1. The van der Waals surface area contributed by atoms with E-state index >= 15 is 0 Å². The Kier molecular flexibility index (Phi) is 4.62. The molecule has 1 unspecified atom stereocenters. The zero-order valence-electron chi connectivity index (χ0n) is 10.4. The minimum Gasteiger partial charge on any atom is -0.271 e. The van der Waals surface area contributed by atoms with Gasteiger partial charge in [-0.3, -0.25) is 16.3 Å². The quantitative estimate of drug-likeness (QED) is 0.597. The molecule has 0 aromatic carbocycles. The highest BCUT2D eigenvalue weighted by molar-refractivity contribution is 7.90. The first-order valence-corrected chi connectivity index (χ1v) is 7.46.